The number of rotatable bonds is 4. The zero-order valence-corrected chi connectivity index (χ0v) is 12.5. The van der Waals surface area contributed by atoms with Crippen molar-refractivity contribution in [1.29, 1.82) is 0 Å². The summed E-state index contributed by atoms with van der Waals surface area (Å²) in [6, 6.07) is 9.00. The molecule has 2 aliphatic rings. The van der Waals surface area contributed by atoms with Crippen LogP contribution in [0.25, 0.3) is 0 Å². The Morgan fingerprint density at radius 1 is 1.25 bits per heavy atom. The minimum absolute atomic E-state index is 0.531. The molecule has 1 aromatic rings. The highest BCUT2D eigenvalue weighted by molar-refractivity contribution is 5.39. The zero-order valence-electron chi connectivity index (χ0n) is 12.5. The zero-order chi connectivity index (χ0) is 14.2. The van der Waals surface area contributed by atoms with Gasteiger partial charge in [0, 0.05) is 17.6 Å². The van der Waals surface area contributed by atoms with Crippen molar-refractivity contribution in [3.05, 3.63) is 29.8 Å². The lowest BCUT2D eigenvalue weighted by Crippen LogP contribution is -2.49. The third kappa shape index (κ3) is 2.23. The van der Waals surface area contributed by atoms with Crippen LogP contribution in [-0.4, -0.2) is 35.7 Å². The molecule has 0 saturated carbocycles. The van der Waals surface area contributed by atoms with E-state index in [9.17, 15) is 5.11 Å². The van der Waals surface area contributed by atoms with Crippen molar-refractivity contribution >= 4 is 0 Å². The van der Waals surface area contributed by atoms with Gasteiger partial charge < -0.3 is 9.84 Å². The lowest BCUT2D eigenvalue weighted by Gasteiger charge is -2.44. The SMILES string of the molecule is CCCN1[C@H]2CC[C@H]1CC(O)(c1ccccc1OC)C2. The summed E-state index contributed by atoms with van der Waals surface area (Å²) in [7, 11) is 1.68. The van der Waals surface area contributed by atoms with Crippen LogP contribution in [0.5, 0.6) is 5.75 Å². The van der Waals surface area contributed by atoms with Crippen LogP contribution in [-0.2, 0) is 5.60 Å². The van der Waals surface area contributed by atoms with Crippen LogP contribution in [0.4, 0.5) is 0 Å². The van der Waals surface area contributed by atoms with Gasteiger partial charge in [-0.15, -0.1) is 0 Å². The van der Waals surface area contributed by atoms with Crippen LogP contribution in [0, 0.1) is 0 Å². The van der Waals surface area contributed by atoms with Gasteiger partial charge in [0.1, 0.15) is 5.75 Å². The molecule has 2 atom stereocenters. The minimum atomic E-state index is -0.720. The highest BCUT2D eigenvalue weighted by Crippen LogP contribution is 2.47. The van der Waals surface area contributed by atoms with Crippen molar-refractivity contribution in [3.8, 4) is 5.75 Å². The molecule has 20 heavy (non-hydrogen) atoms. The Morgan fingerprint density at radius 3 is 2.50 bits per heavy atom. The summed E-state index contributed by atoms with van der Waals surface area (Å²) in [4.78, 5) is 2.61. The Hall–Kier alpha value is -1.06. The van der Waals surface area contributed by atoms with Crippen molar-refractivity contribution in [2.45, 2.75) is 56.7 Å². The highest BCUT2D eigenvalue weighted by atomic mass is 16.5. The number of benzene rings is 1. The van der Waals surface area contributed by atoms with Gasteiger partial charge in [-0.05, 0) is 44.7 Å². The smallest absolute Gasteiger partial charge is 0.124 e. The molecule has 2 heterocycles. The molecule has 2 fully saturated rings. The van der Waals surface area contributed by atoms with E-state index in [1.807, 2.05) is 24.3 Å². The van der Waals surface area contributed by atoms with E-state index in [1.54, 1.807) is 7.11 Å². The number of fused-ring (bicyclic) bond motifs is 2. The van der Waals surface area contributed by atoms with Gasteiger partial charge in [0.25, 0.3) is 0 Å². The number of methoxy groups -OCH3 is 1. The van der Waals surface area contributed by atoms with Gasteiger partial charge in [-0.3, -0.25) is 4.90 Å². The monoisotopic (exact) mass is 275 g/mol. The largest absolute Gasteiger partial charge is 0.496 e. The first-order chi connectivity index (χ1) is 9.68. The molecule has 3 rings (SSSR count). The Labute approximate surface area is 121 Å². The third-order valence-electron chi connectivity index (χ3n) is 5.01. The number of ether oxygens (including phenoxy) is 1. The number of para-hydroxylation sites is 1. The Morgan fingerprint density at radius 2 is 1.90 bits per heavy atom. The minimum Gasteiger partial charge on any atom is -0.496 e. The van der Waals surface area contributed by atoms with Crippen LogP contribution >= 0.6 is 0 Å². The molecule has 3 heteroatoms. The molecule has 2 bridgehead atoms. The van der Waals surface area contributed by atoms with E-state index in [0.29, 0.717) is 12.1 Å². The van der Waals surface area contributed by atoms with Gasteiger partial charge in [-0.25, -0.2) is 0 Å². The fourth-order valence-corrected chi connectivity index (χ4v) is 4.19. The summed E-state index contributed by atoms with van der Waals surface area (Å²) in [6.45, 7) is 3.40. The van der Waals surface area contributed by atoms with E-state index < -0.39 is 5.60 Å². The Bertz CT molecular complexity index is 460. The van der Waals surface area contributed by atoms with Crippen LogP contribution < -0.4 is 4.74 Å². The first-order valence-corrected chi connectivity index (χ1v) is 7.79. The van der Waals surface area contributed by atoms with Gasteiger partial charge >= 0.3 is 0 Å². The molecular weight excluding hydrogens is 250 g/mol. The lowest BCUT2D eigenvalue weighted by atomic mass is 9.80. The van der Waals surface area contributed by atoms with Gasteiger partial charge in [0.05, 0.1) is 12.7 Å². The molecule has 0 spiro atoms. The van der Waals surface area contributed by atoms with E-state index in [0.717, 1.165) is 30.7 Å². The molecule has 2 saturated heterocycles. The summed E-state index contributed by atoms with van der Waals surface area (Å²) in [5.41, 5.74) is 0.249. The van der Waals surface area contributed by atoms with Gasteiger partial charge in [0.15, 0.2) is 0 Å². The summed E-state index contributed by atoms with van der Waals surface area (Å²) in [5.74, 6) is 0.818. The van der Waals surface area contributed by atoms with Crippen molar-refractivity contribution in [2.24, 2.45) is 0 Å². The van der Waals surface area contributed by atoms with E-state index in [1.165, 1.54) is 19.3 Å². The van der Waals surface area contributed by atoms with E-state index >= 15 is 0 Å². The number of hydrogen-bond donors (Lipinski definition) is 1. The number of nitrogens with zero attached hydrogens (tertiary/aromatic N) is 1. The predicted octanol–water partition coefficient (Wildman–Crippen LogP) is 2.92. The second-order valence-corrected chi connectivity index (χ2v) is 6.26. The molecule has 0 amide bonds. The summed E-state index contributed by atoms with van der Waals surface area (Å²) >= 11 is 0. The maximum atomic E-state index is 11.2. The van der Waals surface area contributed by atoms with Crippen LogP contribution in [0.2, 0.25) is 0 Å². The molecule has 1 aromatic carbocycles. The second-order valence-electron chi connectivity index (χ2n) is 6.26. The topological polar surface area (TPSA) is 32.7 Å². The van der Waals surface area contributed by atoms with Crippen LogP contribution in [0.1, 0.15) is 44.6 Å². The Kier molecular flexibility index (Phi) is 3.74. The summed E-state index contributed by atoms with van der Waals surface area (Å²) in [5, 5.41) is 11.2. The summed E-state index contributed by atoms with van der Waals surface area (Å²) < 4.78 is 5.46. The average Bonchev–Trinajstić information content (AvgIpc) is 2.72. The highest BCUT2D eigenvalue weighted by Gasteiger charge is 2.48. The molecule has 1 N–H and O–H groups in total. The average molecular weight is 275 g/mol. The molecule has 2 aliphatic heterocycles. The van der Waals surface area contributed by atoms with Crippen molar-refractivity contribution in [1.82, 2.24) is 4.90 Å². The number of aliphatic hydroxyl groups is 1. The van der Waals surface area contributed by atoms with Crippen molar-refractivity contribution in [3.63, 3.8) is 0 Å². The maximum Gasteiger partial charge on any atom is 0.124 e. The predicted molar refractivity (Wildman–Crippen MR) is 79.9 cm³/mol. The van der Waals surface area contributed by atoms with E-state index in [-0.39, 0.29) is 0 Å². The second kappa shape index (κ2) is 5.38. The number of hydrogen-bond acceptors (Lipinski definition) is 3. The molecule has 3 nitrogen and oxygen atoms in total. The molecule has 0 unspecified atom stereocenters. The van der Waals surface area contributed by atoms with Gasteiger partial charge in [-0.1, -0.05) is 25.1 Å². The van der Waals surface area contributed by atoms with Crippen LogP contribution in [0.3, 0.4) is 0 Å². The standard InChI is InChI=1S/C17H25NO2/c1-3-10-18-13-8-9-14(18)12-17(19,11-13)15-6-4-5-7-16(15)20-2/h4-7,13-14,19H,3,8-12H2,1-2H3/t13-,14-/m0/s1. The van der Waals surface area contributed by atoms with Gasteiger partial charge in [-0.2, -0.15) is 0 Å². The molecule has 0 aliphatic carbocycles. The normalized spacial score (nSPS) is 33.4. The lowest BCUT2D eigenvalue weighted by molar-refractivity contribution is -0.0579. The first-order valence-electron chi connectivity index (χ1n) is 7.79. The van der Waals surface area contributed by atoms with E-state index in [4.69, 9.17) is 4.74 Å². The molecule has 110 valence electrons. The van der Waals surface area contributed by atoms with Crippen molar-refractivity contribution in [2.75, 3.05) is 13.7 Å². The molecular formula is C17H25NO2. The quantitative estimate of drug-likeness (QED) is 0.917. The van der Waals surface area contributed by atoms with Crippen molar-refractivity contribution < 1.29 is 9.84 Å². The Balaban J connectivity index is 1.88. The summed E-state index contributed by atoms with van der Waals surface area (Å²) in [6.07, 6.45) is 5.32. The first kappa shape index (κ1) is 13.9. The third-order valence-corrected chi connectivity index (χ3v) is 5.01. The molecule has 0 radical (unpaired) electrons. The fourth-order valence-electron chi connectivity index (χ4n) is 4.19. The number of piperidine rings is 1. The van der Waals surface area contributed by atoms with E-state index in [2.05, 4.69) is 11.8 Å². The maximum absolute atomic E-state index is 11.2. The molecule has 0 aromatic heterocycles. The van der Waals surface area contributed by atoms with Gasteiger partial charge in [0.2, 0.25) is 0 Å². The fraction of sp³-hybridized carbons (Fsp3) is 0.647. The van der Waals surface area contributed by atoms with Crippen LogP contribution in [0.15, 0.2) is 24.3 Å².